The van der Waals surface area contributed by atoms with Gasteiger partial charge in [-0.05, 0) is 19.8 Å². The van der Waals surface area contributed by atoms with Crippen molar-refractivity contribution in [1.29, 1.82) is 0 Å². The van der Waals surface area contributed by atoms with E-state index >= 15 is 0 Å². The van der Waals surface area contributed by atoms with E-state index in [1.165, 1.54) is 6.21 Å². The Morgan fingerprint density at radius 1 is 1.47 bits per heavy atom. The van der Waals surface area contributed by atoms with Crippen molar-refractivity contribution in [3.05, 3.63) is 12.2 Å². The standard InChI is InChI=1S/C11H18N2O4/c1-4-6-13-17-11(15)12-7-5-8-16-10(14)9(2)3/h6H,2,4-5,7-8H2,1,3H3,(H,12,15)/b13-6+. The van der Waals surface area contributed by atoms with E-state index in [4.69, 9.17) is 4.74 Å². The van der Waals surface area contributed by atoms with Crippen LogP contribution in [0.25, 0.3) is 0 Å². The second-order valence-corrected chi connectivity index (χ2v) is 3.27. The Hall–Kier alpha value is -1.85. The summed E-state index contributed by atoms with van der Waals surface area (Å²) < 4.78 is 4.82. The van der Waals surface area contributed by atoms with Crippen molar-refractivity contribution in [3.8, 4) is 0 Å². The largest absolute Gasteiger partial charge is 0.462 e. The first kappa shape index (κ1) is 15.2. The van der Waals surface area contributed by atoms with E-state index in [0.717, 1.165) is 0 Å². The zero-order valence-corrected chi connectivity index (χ0v) is 10.2. The lowest BCUT2D eigenvalue weighted by Crippen LogP contribution is -2.25. The summed E-state index contributed by atoms with van der Waals surface area (Å²) >= 11 is 0. The molecule has 0 radical (unpaired) electrons. The molecule has 0 bridgehead atoms. The molecule has 6 nitrogen and oxygen atoms in total. The molecule has 0 saturated heterocycles. The number of amides is 1. The van der Waals surface area contributed by atoms with Gasteiger partial charge in [-0.15, -0.1) is 0 Å². The van der Waals surface area contributed by atoms with Gasteiger partial charge in [0.1, 0.15) is 0 Å². The van der Waals surface area contributed by atoms with Gasteiger partial charge in [-0.1, -0.05) is 18.7 Å². The zero-order valence-electron chi connectivity index (χ0n) is 10.2. The molecule has 0 aliphatic carbocycles. The molecule has 0 atom stereocenters. The lowest BCUT2D eigenvalue weighted by Gasteiger charge is -2.04. The second-order valence-electron chi connectivity index (χ2n) is 3.27. The molecule has 0 unspecified atom stereocenters. The van der Waals surface area contributed by atoms with Gasteiger partial charge in [0.2, 0.25) is 0 Å². The first-order valence-corrected chi connectivity index (χ1v) is 5.37. The quantitative estimate of drug-likeness (QED) is 0.184. The first-order valence-electron chi connectivity index (χ1n) is 5.37. The molecule has 0 aromatic heterocycles. The molecular weight excluding hydrogens is 224 g/mol. The lowest BCUT2D eigenvalue weighted by molar-refractivity contribution is -0.138. The zero-order chi connectivity index (χ0) is 13.1. The maximum absolute atomic E-state index is 11.0. The number of oxime groups is 1. The number of hydrogen-bond donors (Lipinski definition) is 1. The summed E-state index contributed by atoms with van der Waals surface area (Å²) in [5, 5.41) is 5.86. The monoisotopic (exact) mass is 242 g/mol. The van der Waals surface area contributed by atoms with Crippen molar-refractivity contribution in [2.24, 2.45) is 5.16 Å². The van der Waals surface area contributed by atoms with E-state index in [0.29, 0.717) is 25.0 Å². The summed E-state index contributed by atoms with van der Waals surface area (Å²) in [4.78, 5) is 26.4. The van der Waals surface area contributed by atoms with E-state index in [-0.39, 0.29) is 6.61 Å². The van der Waals surface area contributed by atoms with Gasteiger partial charge in [0.15, 0.2) is 0 Å². The van der Waals surface area contributed by atoms with Crippen LogP contribution in [0.2, 0.25) is 0 Å². The average Bonchev–Trinajstić information content (AvgIpc) is 2.28. The van der Waals surface area contributed by atoms with E-state index in [1.807, 2.05) is 6.92 Å². The molecule has 0 aliphatic heterocycles. The van der Waals surface area contributed by atoms with Crippen molar-refractivity contribution in [3.63, 3.8) is 0 Å². The van der Waals surface area contributed by atoms with Gasteiger partial charge in [-0.25, -0.2) is 9.59 Å². The summed E-state index contributed by atoms with van der Waals surface area (Å²) in [6, 6.07) is 0. The molecule has 0 saturated carbocycles. The van der Waals surface area contributed by atoms with Crippen LogP contribution in [-0.4, -0.2) is 31.4 Å². The van der Waals surface area contributed by atoms with Crippen LogP contribution in [0.1, 0.15) is 26.7 Å². The van der Waals surface area contributed by atoms with Crippen LogP contribution in [0.3, 0.4) is 0 Å². The van der Waals surface area contributed by atoms with Crippen LogP contribution in [0, 0.1) is 0 Å². The van der Waals surface area contributed by atoms with Gasteiger partial charge >= 0.3 is 12.1 Å². The number of carbonyl (C=O) groups excluding carboxylic acids is 2. The minimum absolute atomic E-state index is 0.226. The Morgan fingerprint density at radius 2 is 2.18 bits per heavy atom. The Labute approximate surface area is 101 Å². The molecule has 96 valence electrons. The van der Waals surface area contributed by atoms with Crippen LogP contribution in [0.4, 0.5) is 4.79 Å². The lowest BCUT2D eigenvalue weighted by atomic mass is 10.3. The number of carbonyl (C=O) groups is 2. The number of nitrogens with one attached hydrogen (secondary N) is 1. The van der Waals surface area contributed by atoms with Gasteiger partial charge in [-0.2, -0.15) is 0 Å². The summed E-state index contributed by atoms with van der Waals surface area (Å²) in [6.07, 6.45) is 2.06. The predicted octanol–water partition coefficient (Wildman–Crippen LogP) is 1.62. The Balaban J connectivity index is 3.45. The Bertz CT molecular complexity index is 300. The van der Waals surface area contributed by atoms with Crippen LogP contribution in [0.5, 0.6) is 0 Å². The third-order valence-corrected chi connectivity index (χ3v) is 1.56. The third-order valence-electron chi connectivity index (χ3n) is 1.56. The van der Waals surface area contributed by atoms with Crippen molar-refractivity contribution in [1.82, 2.24) is 5.32 Å². The van der Waals surface area contributed by atoms with E-state index in [1.54, 1.807) is 6.92 Å². The summed E-state index contributed by atoms with van der Waals surface area (Å²) in [7, 11) is 0. The summed E-state index contributed by atoms with van der Waals surface area (Å²) in [5.74, 6) is -0.430. The van der Waals surface area contributed by atoms with Crippen molar-refractivity contribution in [2.75, 3.05) is 13.2 Å². The molecule has 0 aliphatic rings. The minimum atomic E-state index is -0.624. The first-order chi connectivity index (χ1) is 8.07. The highest BCUT2D eigenvalue weighted by molar-refractivity contribution is 5.86. The molecule has 17 heavy (non-hydrogen) atoms. The molecule has 0 spiro atoms. The van der Waals surface area contributed by atoms with Gasteiger partial charge in [0, 0.05) is 18.3 Å². The number of ether oxygens (including phenoxy) is 1. The number of rotatable bonds is 7. The maximum atomic E-state index is 11.0. The summed E-state index contributed by atoms with van der Waals surface area (Å²) in [5.41, 5.74) is 0.353. The minimum Gasteiger partial charge on any atom is -0.462 e. The van der Waals surface area contributed by atoms with Gasteiger partial charge in [0.25, 0.3) is 0 Å². The highest BCUT2D eigenvalue weighted by atomic mass is 16.7. The predicted molar refractivity (Wildman–Crippen MR) is 63.7 cm³/mol. The SMILES string of the molecule is C=C(C)C(=O)OCCCNC(=O)O/N=C/CC. The molecule has 0 heterocycles. The molecule has 0 aromatic carbocycles. The van der Waals surface area contributed by atoms with Crippen LogP contribution < -0.4 is 5.32 Å². The molecule has 6 heteroatoms. The average molecular weight is 242 g/mol. The van der Waals surface area contributed by atoms with Gasteiger partial charge in [0.05, 0.1) is 6.61 Å². The highest BCUT2D eigenvalue weighted by Gasteiger charge is 2.03. The second kappa shape index (κ2) is 9.38. The molecule has 0 fully saturated rings. The highest BCUT2D eigenvalue weighted by Crippen LogP contribution is 1.92. The van der Waals surface area contributed by atoms with E-state index in [2.05, 4.69) is 21.9 Å². The summed E-state index contributed by atoms with van der Waals surface area (Å²) in [6.45, 7) is 7.47. The Kier molecular flexibility index (Phi) is 8.36. The molecular formula is C11H18N2O4. The van der Waals surface area contributed by atoms with E-state index in [9.17, 15) is 9.59 Å². The topological polar surface area (TPSA) is 77.0 Å². The third kappa shape index (κ3) is 9.10. The smallest absolute Gasteiger partial charge is 0.433 e. The van der Waals surface area contributed by atoms with Crippen molar-refractivity contribution >= 4 is 18.3 Å². The molecule has 1 amide bonds. The number of hydrogen-bond acceptors (Lipinski definition) is 5. The van der Waals surface area contributed by atoms with Gasteiger partial charge < -0.3 is 10.1 Å². The van der Waals surface area contributed by atoms with Gasteiger partial charge in [-0.3, -0.25) is 4.84 Å². The van der Waals surface area contributed by atoms with Crippen molar-refractivity contribution in [2.45, 2.75) is 26.7 Å². The fourth-order valence-corrected chi connectivity index (χ4v) is 0.743. The molecule has 0 rings (SSSR count). The number of esters is 1. The fraction of sp³-hybridized carbons (Fsp3) is 0.545. The maximum Gasteiger partial charge on any atom is 0.433 e. The Morgan fingerprint density at radius 3 is 2.76 bits per heavy atom. The van der Waals surface area contributed by atoms with E-state index < -0.39 is 12.1 Å². The van der Waals surface area contributed by atoms with Crippen LogP contribution in [-0.2, 0) is 14.4 Å². The molecule has 0 aromatic rings. The fourth-order valence-electron chi connectivity index (χ4n) is 0.743. The number of nitrogens with zero attached hydrogens (tertiary/aromatic N) is 1. The van der Waals surface area contributed by atoms with Crippen molar-refractivity contribution < 1.29 is 19.2 Å². The molecule has 1 N–H and O–H groups in total. The van der Waals surface area contributed by atoms with Crippen LogP contribution in [0.15, 0.2) is 17.3 Å². The van der Waals surface area contributed by atoms with Crippen LogP contribution >= 0.6 is 0 Å². The normalized spacial score (nSPS) is 10.0.